The third-order valence-electron chi connectivity index (χ3n) is 3.16. The van der Waals surface area contributed by atoms with Crippen LogP contribution >= 0.6 is 0 Å². The van der Waals surface area contributed by atoms with Gasteiger partial charge in [0.1, 0.15) is 5.82 Å². The number of unbranched alkanes of at least 4 members (excludes halogenated alkanes) is 1. The summed E-state index contributed by atoms with van der Waals surface area (Å²) in [6.45, 7) is 5.63. The van der Waals surface area contributed by atoms with Gasteiger partial charge in [0.2, 0.25) is 5.91 Å². The molecule has 1 amide bonds. The van der Waals surface area contributed by atoms with E-state index in [0.717, 1.165) is 18.4 Å². The number of aliphatic carboxylic acids is 1. The van der Waals surface area contributed by atoms with Crippen LogP contribution in [0.5, 0.6) is 0 Å². The van der Waals surface area contributed by atoms with Crippen molar-refractivity contribution in [1.82, 2.24) is 4.98 Å². The molecule has 0 saturated heterocycles. The number of carbonyl (C=O) groups excluding carboxylic acids is 1. The number of hydrogen-bond donors (Lipinski definition) is 1. The Morgan fingerprint density at radius 1 is 1.45 bits per heavy atom. The third kappa shape index (κ3) is 4.33. The SMILES string of the molecule is CCCCC(=O)N(CC(C)C(=O)O)c1ncccc1C. The number of aromatic nitrogens is 1. The van der Waals surface area contributed by atoms with Crippen molar-refractivity contribution in [2.45, 2.75) is 40.0 Å². The molecule has 1 heterocycles. The largest absolute Gasteiger partial charge is 0.481 e. The molecule has 0 aromatic carbocycles. The lowest BCUT2D eigenvalue weighted by Gasteiger charge is -2.25. The van der Waals surface area contributed by atoms with Crippen LogP contribution in [0.4, 0.5) is 5.82 Å². The van der Waals surface area contributed by atoms with Crippen molar-refractivity contribution in [2.24, 2.45) is 5.92 Å². The number of carbonyl (C=O) groups is 2. The highest BCUT2D eigenvalue weighted by atomic mass is 16.4. The predicted octanol–water partition coefficient (Wildman–Crippen LogP) is 2.63. The highest BCUT2D eigenvalue weighted by Gasteiger charge is 2.23. The lowest BCUT2D eigenvalue weighted by Crippen LogP contribution is -2.38. The molecule has 0 spiro atoms. The van der Waals surface area contributed by atoms with E-state index in [1.807, 2.05) is 19.9 Å². The molecular weight excluding hydrogens is 256 g/mol. The van der Waals surface area contributed by atoms with Gasteiger partial charge in [-0.1, -0.05) is 26.3 Å². The summed E-state index contributed by atoms with van der Waals surface area (Å²) >= 11 is 0. The van der Waals surface area contributed by atoms with Gasteiger partial charge in [-0.05, 0) is 25.0 Å². The van der Waals surface area contributed by atoms with Gasteiger partial charge in [-0.3, -0.25) is 14.5 Å². The van der Waals surface area contributed by atoms with E-state index in [0.29, 0.717) is 12.2 Å². The first-order valence-corrected chi connectivity index (χ1v) is 6.92. The van der Waals surface area contributed by atoms with Gasteiger partial charge in [-0.2, -0.15) is 0 Å². The first kappa shape index (κ1) is 16.1. The summed E-state index contributed by atoms with van der Waals surface area (Å²) in [5.74, 6) is -1.04. The second-order valence-corrected chi connectivity index (χ2v) is 4.99. The molecule has 1 aromatic heterocycles. The summed E-state index contributed by atoms with van der Waals surface area (Å²) in [6.07, 6.45) is 3.75. The quantitative estimate of drug-likeness (QED) is 0.832. The minimum absolute atomic E-state index is 0.0678. The summed E-state index contributed by atoms with van der Waals surface area (Å²) in [5.41, 5.74) is 0.870. The number of aryl methyl sites for hydroxylation is 1. The van der Waals surface area contributed by atoms with Crippen molar-refractivity contribution in [3.8, 4) is 0 Å². The van der Waals surface area contributed by atoms with Crippen LogP contribution in [0.25, 0.3) is 0 Å². The maximum absolute atomic E-state index is 12.3. The van der Waals surface area contributed by atoms with E-state index in [4.69, 9.17) is 5.11 Å². The van der Waals surface area contributed by atoms with Crippen molar-refractivity contribution in [2.75, 3.05) is 11.4 Å². The molecule has 1 atom stereocenters. The molecule has 0 saturated carbocycles. The van der Waals surface area contributed by atoms with Crippen LogP contribution in [0.2, 0.25) is 0 Å². The Labute approximate surface area is 119 Å². The number of hydrogen-bond acceptors (Lipinski definition) is 3. The molecule has 20 heavy (non-hydrogen) atoms. The van der Waals surface area contributed by atoms with Crippen molar-refractivity contribution in [3.05, 3.63) is 23.9 Å². The molecule has 0 aliphatic carbocycles. The number of pyridine rings is 1. The zero-order valence-corrected chi connectivity index (χ0v) is 12.3. The normalized spacial score (nSPS) is 11.9. The third-order valence-corrected chi connectivity index (χ3v) is 3.16. The maximum Gasteiger partial charge on any atom is 0.308 e. The summed E-state index contributed by atoms with van der Waals surface area (Å²) in [7, 11) is 0. The lowest BCUT2D eigenvalue weighted by molar-refractivity contribution is -0.140. The van der Waals surface area contributed by atoms with E-state index in [1.165, 1.54) is 4.90 Å². The molecule has 0 radical (unpaired) electrons. The van der Waals surface area contributed by atoms with E-state index in [1.54, 1.807) is 19.2 Å². The van der Waals surface area contributed by atoms with Crippen molar-refractivity contribution in [3.63, 3.8) is 0 Å². The Balaban J connectivity index is 2.98. The Morgan fingerprint density at radius 3 is 2.70 bits per heavy atom. The molecule has 1 unspecified atom stereocenters. The van der Waals surface area contributed by atoms with Gasteiger partial charge in [-0.25, -0.2) is 4.98 Å². The average molecular weight is 278 g/mol. The first-order chi connectivity index (χ1) is 9.47. The molecule has 0 aliphatic heterocycles. The second kappa shape index (κ2) is 7.62. The van der Waals surface area contributed by atoms with E-state index in [-0.39, 0.29) is 12.5 Å². The second-order valence-electron chi connectivity index (χ2n) is 4.99. The van der Waals surface area contributed by atoms with Gasteiger partial charge in [0, 0.05) is 19.2 Å². The van der Waals surface area contributed by atoms with Crippen LogP contribution in [-0.4, -0.2) is 28.5 Å². The number of carboxylic acid groups (broad SMARTS) is 1. The molecule has 1 N–H and O–H groups in total. The minimum atomic E-state index is -0.910. The zero-order valence-electron chi connectivity index (χ0n) is 12.3. The Hall–Kier alpha value is -1.91. The Kier molecular flexibility index (Phi) is 6.15. The number of carboxylic acids is 1. The van der Waals surface area contributed by atoms with Gasteiger partial charge in [0.05, 0.1) is 5.92 Å². The van der Waals surface area contributed by atoms with Crippen molar-refractivity contribution >= 4 is 17.7 Å². The fourth-order valence-electron chi connectivity index (χ4n) is 1.88. The maximum atomic E-state index is 12.3. The highest BCUT2D eigenvalue weighted by molar-refractivity contribution is 5.93. The van der Waals surface area contributed by atoms with E-state index < -0.39 is 11.9 Å². The van der Waals surface area contributed by atoms with Gasteiger partial charge in [0.25, 0.3) is 0 Å². The number of amides is 1. The van der Waals surface area contributed by atoms with E-state index >= 15 is 0 Å². The molecule has 0 aliphatic rings. The van der Waals surface area contributed by atoms with Crippen LogP contribution in [0.3, 0.4) is 0 Å². The predicted molar refractivity (Wildman–Crippen MR) is 77.7 cm³/mol. The van der Waals surface area contributed by atoms with Crippen LogP contribution in [0.15, 0.2) is 18.3 Å². The molecular formula is C15H22N2O3. The summed E-state index contributed by atoms with van der Waals surface area (Å²) < 4.78 is 0. The fourth-order valence-corrected chi connectivity index (χ4v) is 1.88. The van der Waals surface area contributed by atoms with Crippen molar-refractivity contribution < 1.29 is 14.7 Å². The molecule has 5 heteroatoms. The molecule has 1 rings (SSSR count). The Morgan fingerprint density at radius 2 is 2.15 bits per heavy atom. The lowest BCUT2D eigenvalue weighted by atomic mass is 10.1. The average Bonchev–Trinajstić information content (AvgIpc) is 2.42. The fraction of sp³-hybridized carbons (Fsp3) is 0.533. The summed E-state index contributed by atoms with van der Waals surface area (Å²) in [5, 5.41) is 9.05. The molecule has 1 aromatic rings. The van der Waals surface area contributed by atoms with E-state index in [9.17, 15) is 9.59 Å². The smallest absolute Gasteiger partial charge is 0.308 e. The standard InChI is InChI=1S/C15H22N2O3/c1-4-5-8-13(18)17(10-12(3)15(19)20)14-11(2)7-6-9-16-14/h6-7,9,12H,4-5,8,10H2,1-3H3,(H,19,20). The summed E-state index contributed by atoms with van der Waals surface area (Å²) in [6, 6.07) is 3.67. The first-order valence-electron chi connectivity index (χ1n) is 6.92. The Bertz CT molecular complexity index is 474. The topological polar surface area (TPSA) is 70.5 Å². The van der Waals surface area contributed by atoms with Gasteiger partial charge in [0.15, 0.2) is 0 Å². The van der Waals surface area contributed by atoms with Crippen LogP contribution in [0, 0.1) is 12.8 Å². The van der Waals surface area contributed by atoms with Gasteiger partial charge in [-0.15, -0.1) is 0 Å². The van der Waals surface area contributed by atoms with E-state index in [2.05, 4.69) is 4.98 Å². The molecule has 110 valence electrons. The number of nitrogens with zero attached hydrogens (tertiary/aromatic N) is 2. The highest BCUT2D eigenvalue weighted by Crippen LogP contribution is 2.19. The summed E-state index contributed by atoms with van der Waals surface area (Å²) in [4.78, 5) is 29.1. The number of anilines is 1. The van der Waals surface area contributed by atoms with Crippen LogP contribution < -0.4 is 4.90 Å². The molecule has 0 fully saturated rings. The molecule has 0 bridgehead atoms. The van der Waals surface area contributed by atoms with Crippen LogP contribution in [0.1, 0.15) is 38.7 Å². The van der Waals surface area contributed by atoms with Crippen LogP contribution in [-0.2, 0) is 9.59 Å². The minimum Gasteiger partial charge on any atom is -0.481 e. The monoisotopic (exact) mass is 278 g/mol. The van der Waals surface area contributed by atoms with Gasteiger partial charge < -0.3 is 5.11 Å². The van der Waals surface area contributed by atoms with Crippen molar-refractivity contribution in [1.29, 1.82) is 0 Å². The molecule has 5 nitrogen and oxygen atoms in total. The zero-order chi connectivity index (χ0) is 15.1. The number of rotatable bonds is 7. The van der Waals surface area contributed by atoms with Gasteiger partial charge >= 0.3 is 5.97 Å².